The Labute approximate surface area is 277 Å². The summed E-state index contributed by atoms with van der Waals surface area (Å²) in [6.07, 6.45) is 0. The molecule has 0 atom stereocenters. The van der Waals surface area contributed by atoms with Gasteiger partial charge in [-0.15, -0.1) is 11.3 Å². The lowest BCUT2D eigenvalue weighted by Crippen LogP contribution is -2.14. The number of pyridine rings is 1. The van der Waals surface area contributed by atoms with E-state index in [1.807, 2.05) is 0 Å². The summed E-state index contributed by atoms with van der Waals surface area (Å²) in [6, 6.07) is 53.3. The van der Waals surface area contributed by atoms with Gasteiger partial charge in [0.1, 0.15) is 10.6 Å². The SMILES string of the molecule is CC1(C)c2ccccc2-c2ccc(-c3cccc(-c4cccc5c4sc4nc(-n6c7ccccc7c7ccccc76)ccc45)c3)cc21. The Kier molecular flexibility index (Phi) is 5.53. The molecule has 3 heteroatoms. The van der Waals surface area contributed by atoms with Crippen LogP contribution in [0.5, 0.6) is 0 Å². The molecule has 0 spiro atoms. The standard InChI is InChI=1S/C44H30N2S/c1-44(2)37-18-6-3-13-31(37)32-22-21-28(26-38(32)44)27-11-9-12-29(25-27)30-16-10-17-35-36-23-24-41(45-43(36)47-42(30)35)46-39-19-7-4-14-33(39)34-15-5-8-20-40(34)46/h3-26H,1-2H3. The van der Waals surface area contributed by atoms with E-state index in [0.717, 1.165) is 10.6 Å². The van der Waals surface area contributed by atoms with Gasteiger partial charge in [0.2, 0.25) is 0 Å². The molecule has 0 N–H and O–H groups in total. The molecule has 9 aromatic rings. The molecular weight excluding hydrogens is 589 g/mol. The fraction of sp³-hybridized carbons (Fsp3) is 0.0682. The fourth-order valence-electron chi connectivity index (χ4n) is 7.94. The van der Waals surface area contributed by atoms with E-state index in [2.05, 4.69) is 164 Å². The molecule has 2 nitrogen and oxygen atoms in total. The summed E-state index contributed by atoms with van der Waals surface area (Å²) in [4.78, 5) is 6.36. The first-order valence-electron chi connectivity index (χ1n) is 16.2. The third-order valence-electron chi connectivity index (χ3n) is 10.2. The largest absolute Gasteiger partial charge is 0.294 e. The first-order chi connectivity index (χ1) is 23.1. The summed E-state index contributed by atoms with van der Waals surface area (Å²) in [7, 11) is 0. The van der Waals surface area contributed by atoms with Crippen LogP contribution in [0.1, 0.15) is 25.0 Å². The topological polar surface area (TPSA) is 17.8 Å². The number of aromatic nitrogens is 2. The highest BCUT2D eigenvalue weighted by molar-refractivity contribution is 7.26. The first-order valence-corrected chi connectivity index (χ1v) is 17.0. The van der Waals surface area contributed by atoms with Gasteiger partial charge in [-0.25, -0.2) is 4.98 Å². The Morgan fingerprint density at radius 2 is 1.13 bits per heavy atom. The Morgan fingerprint density at radius 1 is 0.489 bits per heavy atom. The summed E-state index contributed by atoms with van der Waals surface area (Å²) in [5, 5.41) is 4.96. The van der Waals surface area contributed by atoms with E-state index in [-0.39, 0.29) is 5.41 Å². The van der Waals surface area contributed by atoms with E-state index >= 15 is 0 Å². The molecular formula is C44H30N2S. The van der Waals surface area contributed by atoms with Crippen molar-refractivity contribution in [2.24, 2.45) is 0 Å². The van der Waals surface area contributed by atoms with E-state index in [4.69, 9.17) is 4.98 Å². The van der Waals surface area contributed by atoms with Crippen LogP contribution in [0.2, 0.25) is 0 Å². The highest BCUT2D eigenvalue weighted by Crippen LogP contribution is 2.50. The Morgan fingerprint density at radius 3 is 1.96 bits per heavy atom. The minimum absolute atomic E-state index is 0.0205. The molecule has 0 bridgehead atoms. The van der Waals surface area contributed by atoms with Crippen LogP contribution in [0.25, 0.3) is 81.3 Å². The second kappa shape index (κ2) is 9.75. The van der Waals surface area contributed by atoms with Crippen molar-refractivity contribution in [1.82, 2.24) is 9.55 Å². The number of rotatable bonds is 3. The van der Waals surface area contributed by atoms with Crippen molar-refractivity contribution in [3.8, 4) is 39.2 Å². The van der Waals surface area contributed by atoms with Crippen LogP contribution < -0.4 is 0 Å². The lowest BCUT2D eigenvalue weighted by Gasteiger charge is -2.22. The average molecular weight is 619 g/mol. The highest BCUT2D eigenvalue weighted by atomic mass is 32.1. The molecule has 0 saturated carbocycles. The van der Waals surface area contributed by atoms with Gasteiger partial charge in [0, 0.05) is 31.7 Å². The second-order valence-corrected chi connectivity index (χ2v) is 14.2. The molecule has 3 aromatic heterocycles. The monoisotopic (exact) mass is 618 g/mol. The van der Waals surface area contributed by atoms with Crippen LogP contribution in [0, 0.1) is 0 Å². The number of nitrogens with zero attached hydrogens (tertiary/aromatic N) is 2. The van der Waals surface area contributed by atoms with E-state index in [1.54, 1.807) is 11.3 Å². The van der Waals surface area contributed by atoms with Gasteiger partial charge in [-0.2, -0.15) is 0 Å². The minimum atomic E-state index is -0.0205. The van der Waals surface area contributed by atoms with Crippen LogP contribution in [-0.4, -0.2) is 9.55 Å². The lowest BCUT2D eigenvalue weighted by molar-refractivity contribution is 0.660. The maximum Gasteiger partial charge on any atom is 0.139 e. The normalized spacial score (nSPS) is 13.5. The van der Waals surface area contributed by atoms with Crippen molar-refractivity contribution in [1.29, 1.82) is 0 Å². The third kappa shape index (κ3) is 3.81. The van der Waals surface area contributed by atoms with Gasteiger partial charge in [-0.1, -0.05) is 123 Å². The number of benzene rings is 6. The molecule has 0 unspecified atom stereocenters. The van der Waals surface area contributed by atoms with E-state index in [0.29, 0.717) is 0 Å². The van der Waals surface area contributed by atoms with Gasteiger partial charge in [0.05, 0.1) is 11.0 Å². The zero-order valence-corrected chi connectivity index (χ0v) is 27.0. The second-order valence-electron chi connectivity index (χ2n) is 13.2. The summed E-state index contributed by atoms with van der Waals surface area (Å²) in [5.41, 5.74) is 12.8. The molecule has 1 aliphatic rings. The molecule has 222 valence electrons. The molecule has 0 aliphatic heterocycles. The Hall–Kier alpha value is -5.51. The molecule has 0 saturated heterocycles. The van der Waals surface area contributed by atoms with Crippen LogP contribution in [0.15, 0.2) is 146 Å². The zero-order chi connectivity index (χ0) is 31.3. The highest BCUT2D eigenvalue weighted by Gasteiger charge is 2.35. The van der Waals surface area contributed by atoms with Gasteiger partial charge >= 0.3 is 0 Å². The first kappa shape index (κ1) is 26.7. The molecule has 0 fully saturated rings. The third-order valence-corrected chi connectivity index (χ3v) is 11.4. The molecule has 0 radical (unpaired) electrons. The maximum atomic E-state index is 5.30. The quantitative estimate of drug-likeness (QED) is 0.193. The van der Waals surface area contributed by atoms with Crippen molar-refractivity contribution >= 4 is 53.4 Å². The molecule has 6 aromatic carbocycles. The van der Waals surface area contributed by atoms with Crippen LogP contribution >= 0.6 is 11.3 Å². The van der Waals surface area contributed by atoms with Gasteiger partial charge in [-0.05, 0) is 80.9 Å². The van der Waals surface area contributed by atoms with Gasteiger partial charge in [-0.3, -0.25) is 4.57 Å². The average Bonchev–Trinajstić information content (AvgIpc) is 3.74. The van der Waals surface area contributed by atoms with Crippen molar-refractivity contribution in [2.75, 3.05) is 0 Å². The number of fused-ring (bicyclic) bond motifs is 9. The Bertz CT molecular complexity index is 2670. The lowest BCUT2D eigenvalue weighted by atomic mass is 9.81. The van der Waals surface area contributed by atoms with Crippen molar-refractivity contribution in [3.63, 3.8) is 0 Å². The Balaban J connectivity index is 1.09. The van der Waals surface area contributed by atoms with Crippen molar-refractivity contribution in [3.05, 3.63) is 157 Å². The van der Waals surface area contributed by atoms with Crippen molar-refractivity contribution < 1.29 is 0 Å². The van der Waals surface area contributed by atoms with Crippen LogP contribution in [0.4, 0.5) is 0 Å². The fourth-order valence-corrected chi connectivity index (χ4v) is 9.14. The number of hydrogen-bond donors (Lipinski definition) is 0. The minimum Gasteiger partial charge on any atom is -0.294 e. The number of thiophene rings is 1. The smallest absolute Gasteiger partial charge is 0.139 e. The van der Waals surface area contributed by atoms with E-state index in [1.165, 1.54) is 81.8 Å². The molecule has 0 amide bonds. The molecule has 47 heavy (non-hydrogen) atoms. The maximum absolute atomic E-state index is 5.30. The number of hydrogen-bond acceptors (Lipinski definition) is 2. The summed E-state index contributed by atoms with van der Waals surface area (Å²) in [5.74, 6) is 0.951. The van der Waals surface area contributed by atoms with Crippen LogP contribution in [-0.2, 0) is 5.41 Å². The summed E-state index contributed by atoms with van der Waals surface area (Å²) < 4.78 is 3.58. The van der Waals surface area contributed by atoms with Gasteiger partial charge < -0.3 is 0 Å². The molecule has 1 aliphatic carbocycles. The van der Waals surface area contributed by atoms with E-state index < -0.39 is 0 Å². The van der Waals surface area contributed by atoms with Gasteiger partial charge in [0.15, 0.2) is 0 Å². The van der Waals surface area contributed by atoms with E-state index in [9.17, 15) is 0 Å². The van der Waals surface area contributed by atoms with Crippen molar-refractivity contribution in [2.45, 2.75) is 19.3 Å². The molecule has 3 heterocycles. The summed E-state index contributed by atoms with van der Waals surface area (Å²) in [6.45, 7) is 4.70. The molecule has 10 rings (SSSR count). The predicted molar refractivity (Wildman–Crippen MR) is 200 cm³/mol. The number of para-hydroxylation sites is 2. The predicted octanol–water partition coefficient (Wildman–Crippen LogP) is 12.2. The zero-order valence-electron chi connectivity index (χ0n) is 26.2. The summed E-state index contributed by atoms with van der Waals surface area (Å²) >= 11 is 1.79. The van der Waals surface area contributed by atoms with Gasteiger partial charge in [0.25, 0.3) is 0 Å². The van der Waals surface area contributed by atoms with Crippen LogP contribution in [0.3, 0.4) is 0 Å².